The van der Waals surface area contributed by atoms with Crippen molar-refractivity contribution in [2.45, 2.75) is 30.7 Å². The topological polar surface area (TPSA) is 131 Å². The second-order valence-corrected chi connectivity index (χ2v) is 15.4. The first-order valence-corrected chi connectivity index (χ1v) is 16.5. The van der Waals surface area contributed by atoms with E-state index in [0.717, 1.165) is 21.0 Å². The van der Waals surface area contributed by atoms with Gasteiger partial charge in [0.2, 0.25) is 0 Å². The van der Waals surface area contributed by atoms with E-state index in [0.29, 0.717) is 20.2 Å². The molecule has 3 aromatic rings. The molecule has 1 heterocycles. The van der Waals surface area contributed by atoms with Crippen LogP contribution in [0.5, 0.6) is 0 Å². The van der Waals surface area contributed by atoms with E-state index < -0.39 is 30.6 Å². The lowest BCUT2D eigenvalue weighted by Gasteiger charge is -2.11. The zero-order chi connectivity index (χ0) is 24.6. The highest BCUT2D eigenvalue weighted by Gasteiger charge is 2.23. The van der Waals surface area contributed by atoms with Gasteiger partial charge in [0.05, 0.1) is 18.9 Å². The highest BCUT2D eigenvalue weighted by Crippen LogP contribution is 2.37. The fourth-order valence-corrected chi connectivity index (χ4v) is 10.1. The Bertz CT molecular complexity index is 1500. The van der Waals surface area contributed by atoms with Crippen molar-refractivity contribution in [2.75, 3.05) is 12.5 Å². The Hall–Kier alpha value is -1.51. The maximum atomic E-state index is 13.5. The van der Waals surface area contributed by atoms with Crippen molar-refractivity contribution in [1.82, 2.24) is 0 Å². The summed E-state index contributed by atoms with van der Waals surface area (Å²) in [6, 6.07) is 12.9. The number of nitrogens with two attached hydrogens (primary N) is 1. The summed E-state index contributed by atoms with van der Waals surface area (Å²) in [4.78, 5) is 1.54. The lowest BCUT2D eigenvalue weighted by molar-refractivity contribution is 0.597. The Balaban J connectivity index is 2.33. The average Bonchev–Trinajstić information content (AvgIpc) is 3.16. The third-order valence-electron chi connectivity index (χ3n) is 4.38. The SMILES string of the molecule is CSc1sc(C(=N)N)cc1/S(=N\S(=O)(=O)c1cc(S(C)(=O)=O)ccc1C)c1cccc(Br)c1. The Morgan fingerprint density at radius 3 is 2.42 bits per heavy atom. The van der Waals surface area contributed by atoms with Gasteiger partial charge in [0.1, 0.15) is 5.84 Å². The van der Waals surface area contributed by atoms with E-state index >= 15 is 0 Å². The molecule has 176 valence electrons. The van der Waals surface area contributed by atoms with E-state index in [9.17, 15) is 16.8 Å². The molecule has 13 heteroatoms. The minimum absolute atomic E-state index is 0.0941. The molecule has 2 aromatic carbocycles. The zero-order valence-corrected chi connectivity index (χ0v) is 23.4. The quantitative estimate of drug-likeness (QED) is 0.225. The molecule has 1 unspecified atom stereocenters. The van der Waals surface area contributed by atoms with E-state index in [-0.39, 0.29) is 15.6 Å². The van der Waals surface area contributed by atoms with Gasteiger partial charge in [-0.05, 0) is 65.8 Å². The van der Waals surface area contributed by atoms with E-state index in [2.05, 4.69) is 19.7 Å². The Morgan fingerprint density at radius 1 is 1.15 bits per heavy atom. The third-order valence-corrected chi connectivity index (χ3v) is 12.4. The molecule has 0 spiro atoms. The number of hydrogen-bond acceptors (Lipinski definition) is 7. The standard InChI is InChI=1S/C20H20BrN3O4S5/c1-12-7-8-15(32(3,25)26)10-18(12)33(27,28)24-31(14-6-4-5-13(21)9-14)17-11-16(19(22)23)30-20(17)29-2/h4-11H,1-3H3,(H3,22,23). The Morgan fingerprint density at radius 2 is 1.85 bits per heavy atom. The number of halogens is 1. The van der Waals surface area contributed by atoms with Crippen molar-refractivity contribution in [1.29, 1.82) is 5.41 Å². The number of benzene rings is 2. The van der Waals surface area contributed by atoms with E-state index in [1.807, 2.05) is 12.3 Å². The maximum absolute atomic E-state index is 13.5. The van der Waals surface area contributed by atoms with Gasteiger partial charge < -0.3 is 5.73 Å². The summed E-state index contributed by atoms with van der Waals surface area (Å²) in [5.74, 6) is -0.112. The molecule has 0 amide bonds. The number of thiophene rings is 1. The number of sulfonamides is 1. The molecule has 3 rings (SSSR count). The van der Waals surface area contributed by atoms with Gasteiger partial charge in [0.15, 0.2) is 9.84 Å². The predicted molar refractivity (Wildman–Crippen MR) is 139 cm³/mol. The molecule has 0 fully saturated rings. The van der Waals surface area contributed by atoms with Crippen LogP contribution < -0.4 is 5.73 Å². The smallest absolute Gasteiger partial charge is 0.288 e. The molecule has 0 bridgehead atoms. The van der Waals surface area contributed by atoms with Crippen LogP contribution in [0.25, 0.3) is 0 Å². The first-order chi connectivity index (χ1) is 15.3. The number of nitrogens with one attached hydrogen (secondary N) is 1. The van der Waals surface area contributed by atoms with Gasteiger partial charge >= 0.3 is 0 Å². The van der Waals surface area contributed by atoms with Crippen molar-refractivity contribution in [3.8, 4) is 0 Å². The Labute approximate surface area is 212 Å². The van der Waals surface area contributed by atoms with Crippen molar-refractivity contribution >= 4 is 75.4 Å². The van der Waals surface area contributed by atoms with Crippen LogP contribution >= 0.6 is 39.0 Å². The summed E-state index contributed by atoms with van der Waals surface area (Å²) in [7, 11) is -9.14. The average molecular weight is 607 g/mol. The highest BCUT2D eigenvalue weighted by atomic mass is 79.9. The number of amidine groups is 1. The van der Waals surface area contributed by atoms with Crippen LogP contribution in [-0.2, 0) is 30.6 Å². The van der Waals surface area contributed by atoms with Gasteiger partial charge in [-0.25, -0.2) is 8.42 Å². The number of sulfone groups is 1. The van der Waals surface area contributed by atoms with Gasteiger partial charge in [0, 0.05) is 20.5 Å². The summed E-state index contributed by atoms with van der Waals surface area (Å²) in [5, 5.41) is 7.79. The van der Waals surface area contributed by atoms with Crippen LogP contribution in [0.3, 0.4) is 0 Å². The molecule has 7 nitrogen and oxygen atoms in total. The summed E-state index contributed by atoms with van der Waals surface area (Å²) in [6.45, 7) is 1.59. The molecule has 0 aliphatic rings. The minimum Gasteiger partial charge on any atom is -0.383 e. The molecule has 0 saturated carbocycles. The summed E-state index contributed by atoms with van der Waals surface area (Å²) in [5.41, 5.74) is 6.08. The second-order valence-electron chi connectivity index (χ2n) is 6.87. The fourth-order valence-electron chi connectivity index (χ4n) is 2.79. The van der Waals surface area contributed by atoms with Gasteiger partial charge in [-0.2, -0.15) is 8.42 Å². The molecule has 0 saturated heterocycles. The number of rotatable bonds is 7. The number of nitrogen functional groups attached to an aromatic ring is 1. The Kier molecular flexibility index (Phi) is 7.91. The summed E-state index contributed by atoms with van der Waals surface area (Å²) < 4.78 is 56.8. The number of aryl methyl sites for hydroxylation is 1. The molecule has 0 radical (unpaired) electrons. The van der Waals surface area contributed by atoms with Gasteiger partial charge in [-0.3, -0.25) is 5.41 Å². The molecule has 0 aliphatic carbocycles. The fraction of sp³-hybridized carbons (Fsp3) is 0.150. The first kappa shape index (κ1) is 26.1. The molecular weight excluding hydrogens is 586 g/mol. The zero-order valence-electron chi connectivity index (χ0n) is 17.7. The molecular formula is C20H20BrN3O4S5. The lowest BCUT2D eigenvalue weighted by Crippen LogP contribution is -2.08. The van der Waals surface area contributed by atoms with E-state index in [1.54, 1.807) is 31.2 Å². The van der Waals surface area contributed by atoms with Crippen molar-refractivity contribution in [3.05, 3.63) is 63.4 Å². The summed E-state index contributed by atoms with van der Waals surface area (Å²) >= 11 is 6.14. The van der Waals surface area contributed by atoms with Crippen LogP contribution in [0, 0.1) is 12.3 Å². The molecule has 3 N–H and O–H groups in total. The van der Waals surface area contributed by atoms with Crippen LogP contribution in [0.1, 0.15) is 10.4 Å². The highest BCUT2D eigenvalue weighted by molar-refractivity contribution is 9.10. The monoisotopic (exact) mass is 605 g/mol. The predicted octanol–water partition coefficient (Wildman–Crippen LogP) is 4.84. The van der Waals surface area contributed by atoms with E-state index in [1.165, 1.54) is 35.2 Å². The largest absolute Gasteiger partial charge is 0.383 e. The lowest BCUT2D eigenvalue weighted by atomic mass is 10.2. The maximum Gasteiger partial charge on any atom is 0.288 e. The summed E-state index contributed by atoms with van der Waals surface area (Å²) in [6.07, 6.45) is 2.88. The molecule has 0 aliphatic heterocycles. The molecule has 33 heavy (non-hydrogen) atoms. The number of thioether (sulfide) groups is 1. The van der Waals surface area contributed by atoms with Crippen molar-refractivity contribution < 1.29 is 16.8 Å². The van der Waals surface area contributed by atoms with Gasteiger partial charge in [-0.15, -0.1) is 26.9 Å². The van der Waals surface area contributed by atoms with Crippen LogP contribution in [0.4, 0.5) is 0 Å². The molecule has 1 atom stereocenters. The molecule has 1 aromatic heterocycles. The normalized spacial score (nSPS) is 13.2. The first-order valence-electron chi connectivity index (χ1n) is 9.14. The minimum atomic E-state index is -4.25. The van der Waals surface area contributed by atoms with Gasteiger partial charge in [-0.1, -0.05) is 28.1 Å². The van der Waals surface area contributed by atoms with E-state index in [4.69, 9.17) is 11.1 Å². The van der Waals surface area contributed by atoms with Crippen LogP contribution in [0.2, 0.25) is 0 Å². The van der Waals surface area contributed by atoms with Crippen LogP contribution in [0.15, 0.2) is 80.6 Å². The van der Waals surface area contributed by atoms with Crippen molar-refractivity contribution in [2.24, 2.45) is 9.50 Å². The number of hydrogen-bond donors (Lipinski definition) is 2. The second kappa shape index (κ2) is 10.0. The van der Waals surface area contributed by atoms with Crippen LogP contribution in [-0.4, -0.2) is 35.2 Å². The van der Waals surface area contributed by atoms with Crippen molar-refractivity contribution in [3.63, 3.8) is 0 Å². The number of nitrogens with zero attached hydrogens (tertiary/aromatic N) is 1. The van der Waals surface area contributed by atoms with Gasteiger partial charge in [0.25, 0.3) is 10.0 Å². The third kappa shape index (κ3) is 5.95.